The van der Waals surface area contributed by atoms with Crippen LogP contribution in [0.15, 0.2) is 239 Å². The van der Waals surface area contributed by atoms with Crippen molar-refractivity contribution in [3.63, 3.8) is 0 Å². The van der Waals surface area contributed by atoms with Gasteiger partial charge < -0.3 is 8.83 Å². The lowest BCUT2D eigenvalue weighted by molar-refractivity contribution is 0.669. The number of nitrogens with zero attached hydrogens (tertiary/aromatic N) is 2. The molecule has 3 heterocycles. The Balaban J connectivity index is 1.17. The average molecular weight is 843 g/mol. The molecule has 0 spiro atoms. The number of benzene rings is 10. The minimum absolute atomic E-state index is 0.586. The van der Waals surface area contributed by atoms with E-state index in [2.05, 4.69) is 206 Å². The molecule has 0 aliphatic rings. The molecular formula is C62H38N2O2. The third-order valence-corrected chi connectivity index (χ3v) is 12.9. The Morgan fingerprint density at radius 3 is 1.38 bits per heavy atom. The van der Waals surface area contributed by atoms with E-state index >= 15 is 0 Å². The second-order valence-corrected chi connectivity index (χ2v) is 16.8. The van der Waals surface area contributed by atoms with Crippen LogP contribution in [0.5, 0.6) is 0 Å². The van der Waals surface area contributed by atoms with Gasteiger partial charge in [0.25, 0.3) is 0 Å². The highest BCUT2D eigenvalue weighted by Crippen LogP contribution is 2.47. The van der Waals surface area contributed by atoms with Crippen LogP contribution in [0.1, 0.15) is 0 Å². The lowest BCUT2D eigenvalue weighted by atomic mass is 9.84. The van der Waals surface area contributed by atoms with Crippen LogP contribution >= 0.6 is 0 Å². The Labute approximate surface area is 380 Å². The highest BCUT2D eigenvalue weighted by Gasteiger charge is 2.24. The molecular weight excluding hydrogens is 805 g/mol. The maximum atomic E-state index is 6.70. The number of hydrogen-bond acceptors (Lipinski definition) is 4. The molecule has 66 heavy (non-hydrogen) atoms. The van der Waals surface area contributed by atoms with Crippen LogP contribution in [-0.4, -0.2) is 9.97 Å². The van der Waals surface area contributed by atoms with Crippen molar-refractivity contribution in [2.24, 2.45) is 0 Å². The molecule has 0 saturated carbocycles. The van der Waals surface area contributed by atoms with E-state index < -0.39 is 0 Å². The fraction of sp³-hybridized carbons (Fsp3) is 0. The minimum Gasteiger partial charge on any atom is -0.455 e. The number of para-hydroxylation sites is 4. The Morgan fingerprint density at radius 2 is 0.727 bits per heavy atom. The summed E-state index contributed by atoms with van der Waals surface area (Å²) in [6.07, 6.45) is 0. The monoisotopic (exact) mass is 842 g/mol. The van der Waals surface area contributed by atoms with Gasteiger partial charge in [-0.1, -0.05) is 182 Å². The van der Waals surface area contributed by atoms with Gasteiger partial charge in [0.05, 0.1) is 11.4 Å². The Morgan fingerprint density at radius 1 is 0.273 bits per heavy atom. The zero-order chi connectivity index (χ0) is 43.6. The van der Waals surface area contributed by atoms with Gasteiger partial charge >= 0.3 is 0 Å². The van der Waals surface area contributed by atoms with E-state index in [0.29, 0.717) is 5.82 Å². The number of fused-ring (bicyclic) bond motifs is 7. The summed E-state index contributed by atoms with van der Waals surface area (Å²) in [4.78, 5) is 11.3. The van der Waals surface area contributed by atoms with Gasteiger partial charge in [0.1, 0.15) is 22.3 Å². The van der Waals surface area contributed by atoms with E-state index in [9.17, 15) is 0 Å². The standard InChI is InChI=1S/C62H38N2O2/c1-3-17-39(18-4-1)42-23-13-24-43(35-42)59-53(46-28-14-22-41-21-7-8-25-45(41)46)36-44(40-19-5-2-6-20-40)37-54(59)62-63-55(51-31-15-29-49-47-26-9-11-33-57(47)65-60(49)51)38-56(64-62)52-32-16-30-50-48-27-10-12-34-58(48)66-61(50)52/h1-38H. The third kappa shape index (κ3) is 6.30. The van der Waals surface area contributed by atoms with Crippen LogP contribution < -0.4 is 0 Å². The molecule has 4 heteroatoms. The summed E-state index contributed by atoms with van der Waals surface area (Å²) in [6, 6.07) is 81.1. The third-order valence-electron chi connectivity index (χ3n) is 12.9. The Kier molecular flexibility index (Phi) is 8.81. The predicted molar refractivity (Wildman–Crippen MR) is 272 cm³/mol. The first kappa shape index (κ1) is 37.7. The second-order valence-electron chi connectivity index (χ2n) is 16.8. The number of hydrogen-bond donors (Lipinski definition) is 0. The van der Waals surface area contributed by atoms with Gasteiger partial charge in [-0.15, -0.1) is 0 Å². The van der Waals surface area contributed by atoms with Crippen molar-refractivity contribution >= 4 is 54.6 Å². The second kappa shape index (κ2) is 15.4. The SMILES string of the molecule is c1ccc(-c2cccc(-c3c(-c4nc(-c5cccc6c5oc5ccccc56)cc(-c5cccc6c5oc5ccccc56)n4)cc(-c4ccccc4)cc3-c3cccc4ccccc34)c2)cc1. The highest BCUT2D eigenvalue weighted by atomic mass is 16.3. The Hall–Kier alpha value is -8.86. The summed E-state index contributed by atoms with van der Waals surface area (Å²) in [6.45, 7) is 0. The maximum Gasteiger partial charge on any atom is 0.161 e. The lowest BCUT2D eigenvalue weighted by Crippen LogP contribution is -2.00. The predicted octanol–water partition coefficient (Wildman–Crippen LogP) is 17.1. The summed E-state index contributed by atoms with van der Waals surface area (Å²) in [5.41, 5.74) is 16.1. The molecule has 0 atom stereocenters. The molecule has 308 valence electrons. The molecule has 0 unspecified atom stereocenters. The fourth-order valence-corrected chi connectivity index (χ4v) is 9.83. The molecule has 0 fully saturated rings. The van der Waals surface area contributed by atoms with Crippen LogP contribution in [0, 0.1) is 0 Å². The summed E-state index contributed by atoms with van der Waals surface area (Å²) in [5.74, 6) is 0.586. The normalized spacial score (nSPS) is 11.6. The molecule has 0 radical (unpaired) electrons. The van der Waals surface area contributed by atoms with Crippen LogP contribution in [0.4, 0.5) is 0 Å². The zero-order valence-corrected chi connectivity index (χ0v) is 35.7. The highest BCUT2D eigenvalue weighted by molar-refractivity contribution is 6.12. The van der Waals surface area contributed by atoms with E-state index in [0.717, 1.165) is 116 Å². The fourth-order valence-electron chi connectivity index (χ4n) is 9.83. The zero-order valence-electron chi connectivity index (χ0n) is 35.7. The molecule has 3 aromatic heterocycles. The molecule has 0 aliphatic carbocycles. The minimum atomic E-state index is 0.586. The molecule has 10 aromatic carbocycles. The number of aromatic nitrogens is 2. The summed E-state index contributed by atoms with van der Waals surface area (Å²) < 4.78 is 13.4. The Bertz CT molecular complexity index is 3860. The van der Waals surface area contributed by atoms with Crippen molar-refractivity contribution < 1.29 is 8.83 Å². The van der Waals surface area contributed by atoms with E-state index in [4.69, 9.17) is 18.8 Å². The van der Waals surface area contributed by atoms with Crippen molar-refractivity contribution in [2.75, 3.05) is 0 Å². The topological polar surface area (TPSA) is 52.1 Å². The first-order valence-corrected chi connectivity index (χ1v) is 22.3. The smallest absolute Gasteiger partial charge is 0.161 e. The van der Waals surface area contributed by atoms with E-state index in [1.807, 2.05) is 24.3 Å². The average Bonchev–Trinajstić information content (AvgIpc) is 3.97. The van der Waals surface area contributed by atoms with E-state index in [1.54, 1.807) is 0 Å². The van der Waals surface area contributed by atoms with Gasteiger partial charge in [0.15, 0.2) is 5.82 Å². The van der Waals surface area contributed by atoms with Gasteiger partial charge in [-0.25, -0.2) is 9.97 Å². The lowest BCUT2D eigenvalue weighted by Gasteiger charge is -2.20. The van der Waals surface area contributed by atoms with Gasteiger partial charge in [0.2, 0.25) is 0 Å². The van der Waals surface area contributed by atoms with Crippen LogP contribution in [0.3, 0.4) is 0 Å². The molecule has 0 N–H and O–H groups in total. The number of rotatable bonds is 7. The summed E-state index contributed by atoms with van der Waals surface area (Å²) >= 11 is 0. The van der Waals surface area contributed by atoms with Gasteiger partial charge in [0, 0.05) is 43.8 Å². The van der Waals surface area contributed by atoms with Crippen LogP contribution in [-0.2, 0) is 0 Å². The molecule has 13 rings (SSSR count). The first-order valence-electron chi connectivity index (χ1n) is 22.3. The number of furan rings is 2. The first-order chi connectivity index (χ1) is 32.7. The molecule has 4 nitrogen and oxygen atoms in total. The van der Waals surface area contributed by atoms with Crippen molar-refractivity contribution in [1.82, 2.24) is 9.97 Å². The van der Waals surface area contributed by atoms with Crippen molar-refractivity contribution in [2.45, 2.75) is 0 Å². The largest absolute Gasteiger partial charge is 0.455 e. The van der Waals surface area contributed by atoms with Crippen LogP contribution in [0.2, 0.25) is 0 Å². The summed E-state index contributed by atoms with van der Waals surface area (Å²) in [5, 5.41) is 6.53. The van der Waals surface area contributed by atoms with E-state index in [1.165, 1.54) is 10.8 Å². The molecule has 0 amide bonds. The molecule has 13 aromatic rings. The van der Waals surface area contributed by atoms with E-state index in [-0.39, 0.29) is 0 Å². The van der Waals surface area contributed by atoms with Gasteiger partial charge in [-0.2, -0.15) is 0 Å². The maximum absolute atomic E-state index is 6.70. The van der Waals surface area contributed by atoms with Crippen LogP contribution in [0.25, 0.3) is 133 Å². The van der Waals surface area contributed by atoms with Gasteiger partial charge in [-0.3, -0.25) is 0 Å². The molecule has 0 aliphatic heterocycles. The van der Waals surface area contributed by atoms with Crippen molar-refractivity contribution in [1.29, 1.82) is 0 Å². The summed E-state index contributed by atoms with van der Waals surface area (Å²) in [7, 11) is 0. The van der Waals surface area contributed by atoms with Crippen molar-refractivity contribution in [3.8, 4) is 78.4 Å². The van der Waals surface area contributed by atoms with Crippen molar-refractivity contribution in [3.05, 3.63) is 231 Å². The quantitative estimate of drug-likeness (QED) is 0.160. The molecule has 0 bridgehead atoms. The van der Waals surface area contributed by atoms with Gasteiger partial charge in [-0.05, 0) is 98.2 Å². The molecule has 0 saturated heterocycles.